The van der Waals surface area contributed by atoms with Crippen molar-refractivity contribution >= 4 is 0 Å². The zero-order chi connectivity index (χ0) is 28.5. The van der Waals surface area contributed by atoms with Gasteiger partial charge in [-0.15, -0.1) is 0 Å². The lowest BCUT2D eigenvalue weighted by atomic mass is 10.1. The van der Waals surface area contributed by atoms with Gasteiger partial charge in [0.05, 0.1) is 22.8 Å². The molecule has 0 saturated heterocycles. The fourth-order valence-electron chi connectivity index (χ4n) is 5.09. The molecule has 7 rings (SSSR count). The minimum Gasteiger partial charge on any atom is -0.337 e. The zero-order valence-electron chi connectivity index (χ0n) is 22.4. The van der Waals surface area contributed by atoms with Crippen LogP contribution in [0, 0.1) is 11.6 Å². The number of benzene rings is 5. The van der Waals surface area contributed by atoms with Gasteiger partial charge in [-0.3, -0.25) is 0 Å². The molecule has 0 aliphatic carbocycles. The van der Waals surface area contributed by atoms with E-state index in [0.29, 0.717) is 11.6 Å². The van der Waals surface area contributed by atoms with Crippen LogP contribution in [-0.2, 0) is 0 Å². The Bertz CT molecular complexity index is 1830. The van der Waals surface area contributed by atoms with Crippen molar-refractivity contribution in [3.63, 3.8) is 0 Å². The minimum absolute atomic E-state index is 0.291. The normalized spacial score (nSPS) is 11.1. The lowest BCUT2D eigenvalue weighted by Crippen LogP contribution is -1.85. The van der Waals surface area contributed by atoms with Crippen LogP contribution in [0.5, 0.6) is 0 Å². The average molecular weight is 551 g/mol. The molecule has 0 atom stereocenters. The fraction of sp³-hybridized carbons (Fsp3) is 0. The topological polar surface area (TPSA) is 57.4 Å². The predicted octanol–water partition coefficient (Wildman–Crippen LogP) is 9.41. The van der Waals surface area contributed by atoms with Crippen molar-refractivity contribution < 1.29 is 8.78 Å². The second-order valence-corrected chi connectivity index (χ2v) is 9.94. The van der Waals surface area contributed by atoms with Gasteiger partial charge in [-0.2, -0.15) is 0 Å². The highest BCUT2D eigenvalue weighted by Crippen LogP contribution is 2.36. The molecule has 0 saturated carbocycles. The van der Waals surface area contributed by atoms with E-state index < -0.39 is 0 Å². The summed E-state index contributed by atoms with van der Waals surface area (Å²) in [5, 5.41) is 0. The SMILES string of the molecule is Fc1ccc(-c2[nH]c(-c3cccc(-c4nc(-c5ccccc5)c(-c5ccc(F)cc5)[nH]4)c3)nc2-c2ccccc2)cc1. The summed E-state index contributed by atoms with van der Waals surface area (Å²) < 4.78 is 27.4. The molecule has 202 valence electrons. The molecule has 4 nitrogen and oxygen atoms in total. The van der Waals surface area contributed by atoms with Crippen molar-refractivity contribution in [2.45, 2.75) is 0 Å². The number of rotatable bonds is 6. The van der Waals surface area contributed by atoms with Gasteiger partial charge in [0.15, 0.2) is 0 Å². The first kappa shape index (κ1) is 25.4. The van der Waals surface area contributed by atoms with Gasteiger partial charge >= 0.3 is 0 Å². The van der Waals surface area contributed by atoms with E-state index in [9.17, 15) is 8.78 Å². The summed E-state index contributed by atoms with van der Waals surface area (Å²) in [6.45, 7) is 0. The fourth-order valence-corrected chi connectivity index (χ4v) is 5.09. The Morgan fingerprint density at radius 2 is 0.762 bits per heavy atom. The molecule has 0 radical (unpaired) electrons. The highest BCUT2D eigenvalue weighted by atomic mass is 19.1. The molecule has 0 fully saturated rings. The Labute approximate surface area is 241 Å². The van der Waals surface area contributed by atoms with Crippen LogP contribution in [0.1, 0.15) is 0 Å². The summed E-state index contributed by atoms with van der Waals surface area (Å²) in [6, 6.07) is 40.6. The van der Waals surface area contributed by atoms with E-state index in [-0.39, 0.29) is 11.6 Å². The van der Waals surface area contributed by atoms with Crippen LogP contribution in [0.15, 0.2) is 133 Å². The molecule has 0 aliphatic heterocycles. The number of imidazole rings is 2. The molecular weight excluding hydrogens is 526 g/mol. The van der Waals surface area contributed by atoms with Crippen LogP contribution in [0.3, 0.4) is 0 Å². The molecule has 42 heavy (non-hydrogen) atoms. The monoisotopic (exact) mass is 550 g/mol. The minimum atomic E-state index is -0.291. The van der Waals surface area contributed by atoms with Crippen molar-refractivity contribution in [2.75, 3.05) is 0 Å². The van der Waals surface area contributed by atoms with Gasteiger partial charge in [0, 0.05) is 33.4 Å². The summed E-state index contributed by atoms with van der Waals surface area (Å²) in [5.41, 5.74) is 8.53. The van der Waals surface area contributed by atoms with Crippen LogP contribution in [0.4, 0.5) is 8.78 Å². The first-order valence-electron chi connectivity index (χ1n) is 13.6. The highest BCUT2D eigenvalue weighted by molar-refractivity contribution is 5.83. The Balaban J connectivity index is 1.33. The van der Waals surface area contributed by atoms with Crippen LogP contribution in [0.25, 0.3) is 67.8 Å². The summed E-state index contributed by atoms with van der Waals surface area (Å²) in [6.07, 6.45) is 0. The molecule has 0 bridgehead atoms. The average Bonchev–Trinajstić information content (AvgIpc) is 3.69. The molecule has 0 amide bonds. The van der Waals surface area contributed by atoms with E-state index in [4.69, 9.17) is 9.97 Å². The van der Waals surface area contributed by atoms with E-state index in [0.717, 1.165) is 56.2 Å². The molecule has 0 aliphatic rings. The van der Waals surface area contributed by atoms with Crippen molar-refractivity contribution in [1.82, 2.24) is 19.9 Å². The van der Waals surface area contributed by atoms with Crippen molar-refractivity contribution in [3.8, 4) is 67.8 Å². The number of H-pyrrole nitrogens is 2. The van der Waals surface area contributed by atoms with Crippen LogP contribution in [-0.4, -0.2) is 19.9 Å². The largest absolute Gasteiger partial charge is 0.337 e. The van der Waals surface area contributed by atoms with Crippen molar-refractivity contribution in [2.24, 2.45) is 0 Å². The third-order valence-corrected chi connectivity index (χ3v) is 7.18. The lowest BCUT2D eigenvalue weighted by Gasteiger charge is -2.03. The second kappa shape index (κ2) is 10.7. The van der Waals surface area contributed by atoms with E-state index in [1.807, 2.05) is 84.9 Å². The number of hydrogen-bond donors (Lipinski definition) is 2. The van der Waals surface area contributed by atoms with Crippen LogP contribution in [0.2, 0.25) is 0 Å². The predicted molar refractivity (Wildman–Crippen MR) is 163 cm³/mol. The van der Waals surface area contributed by atoms with Gasteiger partial charge < -0.3 is 9.97 Å². The molecule has 6 heteroatoms. The second-order valence-electron chi connectivity index (χ2n) is 9.94. The van der Waals surface area contributed by atoms with E-state index in [1.165, 1.54) is 24.3 Å². The van der Waals surface area contributed by atoms with Gasteiger partial charge in [0.25, 0.3) is 0 Å². The quantitative estimate of drug-likeness (QED) is 0.217. The Morgan fingerprint density at radius 3 is 1.17 bits per heavy atom. The molecule has 2 heterocycles. The summed E-state index contributed by atoms with van der Waals surface area (Å²) >= 11 is 0. The van der Waals surface area contributed by atoms with Crippen molar-refractivity contribution in [1.29, 1.82) is 0 Å². The number of hydrogen-bond acceptors (Lipinski definition) is 2. The molecule has 7 aromatic rings. The van der Waals surface area contributed by atoms with Crippen LogP contribution >= 0.6 is 0 Å². The Morgan fingerprint density at radius 1 is 0.381 bits per heavy atom. The smallest absolute Gasteiger partial charge is 0.138 e. The third-order valence-electron chi connectivity index (χ3n) is 7.18. The molecule has 0 unspecified atom stereocenters. The van der Waals surface area contributed by atoms with Gasteiger partial charge in [-0.1, -0.05) is 78.9 Å². The van der Waals surface area contributed by atoms with Crippen molar-refractivity contribution in [3.05, 3.63) is 145 Å². The number of aromatic nitrogens is 4. The van der Waals surface area contributed by atoms with E-state index in [2.05, 4.69) is 9.97 Å². The van der Waals surface area contributed by atoms with E-state index in [1.54, 1.807) is 24.3 Å². The van der Waals surface area contributed by atoms with Gasteiger partial charge in [-0.25, -0.2) is 18.7 Å². The van der Waals surface area contributed by atoms with Gasteiger partial charge in [-0.05, 0) is 54.6 Å². The molecular formula is C36H24F2N4. The summed E-state index contributed by atoms with van der Waals surface area (Å²) in [4.78, 5) is 17.0. The standard InChI is InChI=1S/C36H24F2N4/c37-29-18-14-25(15-19-29)33-31(23-8-3-1-4-9-23)39-35(41-33)27-12-7-13-28(22-27)36-40-32(24-10-5-2-6-11-24)34(42-36)26-16-20-30(38)21-17-26/h1-22H,(H,39,41)(H,40,42). The maximum Gasteiger partial charge on any atom is 0.138 e. The van der Waals surface area contributed by atoms with Gasteiger partial charge in [0.1, 0.15) is 23.3 Å². The maximum absolute atomic E-state index is 13.7. The highest BCUT2D eigenvalue weighted by Gasteiger charge is 2.18. The first-order chi connectivity index (χ1) is 20.6. The van der Waals surface area contributed by atoms with E-state index >= 15 is 0 Å². The third kappa shape index (κ3) is 4.90. The molecule has 0 spiro atoms. The zero-order valence-corrected chi connectivity index (χ0v) is 22.4. The number of nitrogens with zero attached hydrogens (tertiary/aromatic N) is 2. The van der Waals surface area contributed by atoms with Gasteiger partial charge in [0.2, 0.25) is 0 Å². The number of aromatic amines is 2. The number of nitrogens with one attached hydrogen (secondary N) is 2. The lowest BCUT2D eigenvalue weighted by molar-refractivity contribution is 0.627. The number of halogens is 2. The Kier molecular flexibility index (Phi) is 6.49. The van der Waals surface area contributed by atoms with Crippen LogP contribution < -0.4 is 0 Å². The molecule has 2 aromatic heterocycles. The molecule has 2 N–H and O–H groups in total. The summed E-state index contributed by atoms with van der Waals surface area (Å²) in [7, 11) is 0. The maximum atomic E-state index is 13.7. The first-order valence-corrected chi connectivity index (χ1v) is 13.6. The summed E-state index contributed by atoms with van der Waals surface area (Å²) in [5.74, 6) is 0.786. The Hall–Kier alpha value is -5.62. The molecule has 5 aromatic carbocycles.